The fourth-order valence-corrected chi connectivity index (χ4v) is 17.8. The molecule has 627 valence electrons. The minimum atomic E-state index is -4.26. The number of hydrogen-bond acceptors (Lipinski definition) is 8. The van der Waals surface area contributed by atoms with E-state index in [0.29, 0.717) is 5.46 Å². The van der Waals surface area contributed by atoms with E-state index in [2.05, 4.69) is 371 Å². The zero-order chi connectivity index (χ0) is 87.1. The Labute approximate surface area is 778 Å². The van der Waals surface area contributed by atoms with Crippen molar-refractivity contribution in [1.29, 1.82) is 0 Å². The van der Waals surface area contributed by atoms with Crippen LogP contribution in [0.2, 0.25) is 0 Å². The molecule has 0 aliphatic rings. The quantitative estimate of drug-likeness (QED) is 0.0870. The van der Waals surface area contributed by atoms with Crippen LogP contribution in [0.5, 0.6) is 0 Å². The van der Waals surface area contributed by atoms with E-state index >= 15 is 0 Å². The average molecular weight is 2020 g/mol. The third kappa shape index (κ3) is 17.4. The summed E-state index contributed by atoms with van der Waals surface area (Å²) in [7, 11) is 23.4. The van der Waals surface area contributed by atoms with Crippen LogP contribution < -0.4 is 5.46 Å². The van der Waals surface area contributed by atoms with Crippen molar-refractivity contribution >= 4 is 250 Å². The van der Waals surface area contributed by atoms with E-state index in [-0.39, 0.29) is 7.43 Å². The first-order valence-electron chi connectivity index (χ1n) is 40.4. The number of para-hydroxylation sites is 10. The summed E-state index contributed by atoms with van der Waals surface area (Å²) >= 11 is 6.35. The predicted molar refractivity (Wildman–Crippen MR) is 551 cm³/mol. The predicted octanol–water partition coefficient (Wildman–Crippen LogP) is 30.0. The fourth-order valence-electron chi connectivity index (χ4n) is 17.3. The maximum Gasteiger partial charge on any atom is 0.0972 e. The minimum Gasteiger partial charge on any atom is -0.309 e. The standard InChI is InChI=1S/C40H24N4.C40H26N4.C18H14BNO2.C4H2Br2N2.CH5P2.CH4.5ClH.Mo/c1-3-11-25(12-4-1)43-35-17-9-7-15-27(35)31-21-29-30-22-32-28-16-8-10-18-36(28)44(26-13-5-2-6-14-26)38(32)24-34(30)40-39(41-19-20-42-40)33(29)23-37(31)43;1-3-11-29(12-4-1)43-35-17-9-7-15-31(35)33-21-19-27(25-37(33)43)39-40(42-24-23-41-39)28-20-22-34-32-16-8-10-18-36(32)44(38(34)26-28)30-13-5-2-6-14-30;21-19(22)13-10-11-16-15-8-4-5-9-17(15)20(18(16)12-13)14-6-2-1-3-7-14;5-3-4(6)8-2-1-7-3;1-3-2;;;;;;;/h1-24H;1-26H;1-12,21-22H;1-2H;2H2,1H3;1H4;5*1H;/q;;;;-1;;;;;;;+5/p-5. The molecular weight excluding hydrogens is 1940 g/mol. The number of fused-ring (bicyclic) bond motifs is 21. The van der Waals surface area contributed by atoms with Crippen LogP contribution in [0.15, 0.2) is 398 Å². The number of rotatable bonds is 8. The summed E-state index contributed by atoms with van der Waals surface area (Å²) in [6, 6.07) is 124. The van der Waals surface area contributed by atoms with Crippen LogP contribution in [0.1, 0.15) is 7.43 Å². The molecule has 128 heavy (non-hydrogen) atoms. The number of halogens is 7. The number of aromatic nitrogens is 11. The number of benzene rings is 16. The van der Waals surface area contributed by atoms with Crippen molar-refractivity contribution in [2.75, 3.05) is 6.66 Å². The third-order valence-electron chi connectivity index (χ3n) is 22.4. The molecule has 1 atom stereocenters. The van der Waals surface area contributed by atoms with Gasteiger partial charge in [0.05, 0.1) is 77.6 Å². The Balaban J connectivity index is 0.000000123. The monoisotopic (exact) mass is 2010 g/mol. The van der Waals surface area contributed by atoms with Gasteiger partial charge in [0, 0.05) is 141 Å². The first-order valence-corrected chi connectivity index (χ1v) is 57.8. The topological polar surface area (TPSA) is 142 Å². The van der Waals surface area contributed by atoms with Crippen LogP contribution in [-0.4, -0.2) is 76.6 Å². The first-order chi connectivity index (χ1) is 61.9. The second kappa shape index (κ2) is 37.3. The maximum absolute atomic E-state index is 9.47. The molecule has 16 aromatic carbocycles. The second-order valence-corrected chi connectivity index (χ2v) is 63.9. The van der Waals surface area contributed by atoms with Crippen molar-refractivity contribution in [3.63, 3.8) is 0 Å². The van der Waals surface area contributed by atoms with Gasteiger partial charge in [-0.1, -0.05) is 226 Å². The molecule has 0 spiro atoms. The molecule has 0 bridgehead atoms. The first kappa shape index (κ1) is 87.2. The Morgan fingerprint density at radius 3 is 0.797 bits per heavy atom. The molecular formula is C104H75BBr2Cl5MoN11O2P2-. The molecule has 0 amide bonds. The van der Waals surface area contributed by atoms with Crippen LogP contribution in [0, 0.1) is 0 Å². The van der Waals surface area contributed by atoms with Crippen LogP contribution >= 0.6 is 96.1 Å². The van der Waals surface area contributed by atoms with Gasteiger partial charge in [-0.25, -0.2) is 9.97 Å². The van der Waals surface area contributed by atoms with Crippen molar-refractivity contribution in [2.24, 2.45) is 0 Å². The Hall–Kier alpha value is -11.5. The third-order valence-corrected chi connectivity index (χ3v) is 24.1. The molecule has 0 aliphatic carbocycles. The van der Waals surface area contributed by atoms with Gasteiger partial charge in [-0.05, 0) is 182 Å². The Morgan fingerprint density at radius 1 is 0.273 bits per heavy atom. The Bertz CT molecular complexity index is 7870. The molecule has 2 N–H and O–H groups in total. The van der Waals surface area contributed by atoms with Gasteiger partial charge in [0.1, 0.15) is 9.21 Å². The van der Waals surface area contributed by atoms with E-state index in [4.69, 9.17) is 67.0 Å². The second-order valence-electron chi connectivity index (χ2n) is 29.9. The summed E-state index contributed by atoms with van der Waals surface area (Å²) in [5.41, 5.74) is 23.2. The van der Waals surface area contributed by atoms with Gasteiger partial charge in [0.15, 0.2) is 0 Å². The average Bonchev–Trinajstić information content (AvgIpc) is 1.49. The Morgan fingerprint density at radius 2 is 0.508 bits per heavy atom. The molecule has 24 rings (SSSR count). The van der Waals surface area contributed by atoms with Crippen LogP contribution in [0.25, 0.3) is 193 Å². The summed E-state index contributed by atoms with van der Waals surface area (Å²) in [5.74, 6) is 0. The maximum atomic E-state index is 9.47. The van der Waals surface area contributed by atoms with Crippen LogP contribution in [-0.2, 0) is 9.60 Å². The van der Waals surface area contributed by atoms with E-state index in [9.17, 15) is 10.0 Å². The molecule has 13 nitrogen and oxygen atoms in total. The van der Waals surface area contributed by atoms with Gasteiger partial charge in [-0.2, -0.15) is 6.66 Å². The van der Waals surface area contributed by atoms with Crippen molar-refractivity contribution in [3.05, 3.63) is 398 Å². The van der Waals surface area contributed by atoms with E-state index in [0.717, 1.165) is 126 Å². The van der Waals surface area contributed by atoms with Crippen molar-refractivity contribution in [2.45, 2.75) is 7.43 Å². The molecule has 8 heterocycles. The molecule has 1 unspecified atom stereocenters. The zero-order valence-electron chi connectivity index (χ0n) is 67.4. The van der Waals surface area contributed by atoms with Gasteiger partial charge in [-0.15, -0.1) is 0 Å². The molecule has 24 heteroatoms. The van der Waals surface area contributed by atoms with Crippen LogP contribution in [0.4, 0.5) is 0 Å². The normalized spacial score (nSPS) is 11.8. The molecule has 0 fully saturated rings. The molecule has 0 saturated heterocycles. The van der Waals surface area contributed by atoms with E-state index in [1.54, 1.807) is 30.9 Å². The molecule has 8 aromatic heterocycles. The van der Waals surface area contributed by atoms with Crippen molar-refractivity contribution in [1.82, 2.24) is 52.7 Å². The van der Waals surface area contributed by atoms with E-state index in [1.807, 2.05) is 67.0 Å². The largest absolute Gasteiger partial charge is 0.309 e. The fraction of sp³-hybridized carbons (Fsp3) is 0.0192. The molecule has 0 aliphatic heterocycles. The van der Waals surface area contributed by atoms with E-state index in [1.165, 1.54) is 84.2 Å². The molecule has 24 aromatic rings. The molecule has 0 radical (unpaired) electrons. The smallest absolute Gasteiger partial charge is 0.0972 e. The van der Waals surface area contributed by atoms with Gasteiger partial charge in [0.25, 0.3) is 0 Å². The van der Waals surface area contributed by atoms with Crippen LogP contribution in [0.3, 0.4) is 0 Å². The minimum absolute atomic E-state index is 0. The summed E-state index contributed by atoms with van der Waals surface area (Å²) < 4.78 is 13.0. The number of hydrogen-bond donors (Lipinski definition) is 2. The van der Waals surface area contributed by atoms with Gasteiger partial charge >= 0.3 is 63.8 Å². The van der Waals surface area contributed by atoms with Crippen molar-refractivity contribution < 1.29 is 19.7 Å². The Kier molecular flexibility index (Phi) is 25.4. The summed E-state index contributed by atoms with van der Waals surface area (Å²) in [5, 5.41) is 35.6. The molecule has 0 saturated carbocycles. The van der Waals surface area contributed by atoms with Gasteiger partial charge in [0.2, 0.25) is 0 Å². The van der Waals surface area contributed by atoms with E-state index < -0.39 is 16.7 Å². The van der Waals surface area contributed by atoms with Gasteiger partial charge < -0.3 is 50.1 Å². The summed E-state index contributed by atoms with van der Waals surface area (Å²) in [4.78, 5) is 27.5. The van der Waals surface area contributed by atoms with Crippen molar-refractivity contribution in [3.8, 4) is 51.0 Å². The zero-order valence-corrected chi connectivity index (χ0v) is 78.4. The SMILES string of the molecule is Brc1nccnc1Br.C.C[P-]P.OB(O)c1ccc2c3ccccc3n(-c3ccccc3)c2c1.[Cl][Mo]([Cl])([Cl])([Cl])[Cl].c1ccc(-n2c3ccccc3c3cc4c5cc6c7ccccc7n(-c7ccccc7)c6cc5c5nccnc5c4cc32)cc1.c1ccc(-n2c3ccccc3c3ccc(-c4nccnc4-c4ccc5c6ccccc6n(-c6ccccc6)c5c4)cc32)cc1. The summed E-state index contributed by atoms with van der Waals surface area (Å²) in [6.45, 7) is 2.06. The van der Waals surface area contributed by atoms with Gasteiger partial charge in [-0.3, -0.25) is 19.9 Å². The number of nitrogens with zero attached hydrogens (tertiary/aromatic N) is 11. The summed E-state index contributed by atoms with van der Waals surface area (Å²) in [6.07, 6.45) is 10.4.